The summed E-state index contributed by atoms with van der Waals surface area (Å²) in [6, 6.07) is 15.5. The highest BCUT2D eigenvalue weighted by Crippen LogP contribution is 2.28. The van der Waals surface area contributed by atoms with Crippen LogP contribution in [0.5, 0.6) is 5.75 Å². The van der Waals surface area contributed by atoms with Gasteiger partial charge in [0.25, 0.3) is 5.91 Å². The number of imidazole rings is 1. The molecule has 2 aromatic carbocycles. The molecule has 4 rings (SSSR count). The van der Waals surface area contributed by atoms with Crippen LogP contribution in [0.25, 0.3) is 11.0 Å². The highest BCUT2D eigenvalue weighted by molar-refractivity contribution is 5.82. The standard InChI is InChI=1S/C17H15N3O2/c21-17(15-9-11-5-1-4-8-14(11)22-15)18-10-16-19-12-6-2-3-7-13(12)20-16/h1-8,15H,9-10H2,(H,18,21)(H,19,20). The zero-order valence-corrected chi connectivity index (χ0v) is 11.9. The van der Waals surface area contributed by atoms with Crippen molar-refractivity contribution in [3.05, 3.63) is 59.9 Å². The lowest BCUT2D eigenvalue weighted by Gasteiger charge is -2.10. The van der Waals surface area contributed by atoms with Gasteiger partial charge in [-0.15, -0.1) is 0 Å². The fourth-order valence-corrected chi connectivity index (χ4v) is 2.70. The van der Waals surface area contributed by atoms with Crippen molar-refractivity contribution in [2.45, 2.75) is 19.1 Å². The molecule has 2 N–H and O–H groups in total. The first-order chi connectivity index (χ1) is 10.8. The van der Waals surface area contributed by atoms with Crippen molar-refractivity contribution in [3.8, 4) is 5.75 Å². The van der Waals surface area contributed by atoms with Crippen molar-refractivity contribution in [1.29, 1.82) is 0 Å². The van der Waals surface area contributed by atoms with Crippen molar-refractivity contribution >= 4 is 16.9 Å². The van der Waals surface area contributed by atoms with Gasteiger partial charge in [0, 0.05) is 6.42 Å². The van der Waals surface area contributed by atoms with Gasteiger partial charge in [-0.1, -0.05) is 30.3 Å². The predicted octanol–water partition coefficient (Wildman–Crippen LogP) is 2.18. The number of hydrogen-bond acceptors (Lipinski definition) is 3. The summed E-state index contributed by atoms with van der Waals surface area (Å²) in [7, 11) is 0. The van der Waals surface area contributed by atoms with Crippen LogP contribution in [0.1, 0.15) is 11.4 Å². The highest BCUT2D eigenvalue weighted by Gasteiger charge is 2.28. The molecule has 0 aliphatic carbocycles. The largest absolute Gasteiger partial charge is 0.480 e. The Labute approximate surface area is 127 Å². The number of aromatic amines is 1. The third-order valence-corrected chi connectivity index (χ3v) is 3.81. The molecule has 0 saturated carbocycles. The third-order valence-electron chi connectivity index (χ3n) is 3.81. The summed E-state index contributed by atoms with van der Waals surface area (Å²) in [6.45, 7) is 0.365. The summed E-state index contributed by atoms with van der Waals surface area (Å²) < 4.78 is 5.67. The first-order valence-corrected chi connectivity index (χ1v) is 7.25. The Balaban J connectivity index is 1.41. The molecule has 1 aromatic heterocycles. The second kappa shape index (κ2) is 5.18. The molecule has 110 valence electrons. The average Bonchev–Trinajstić information content (AvgIpc) is 3.15. The molecule has 5 nitrogen and oxygen atoms in total. The van der Waals surface area contributed by atoms with Gasteiger partial charge < -0.3 is 15.0 Å². The SMILES string of the molecule is O=C(NCc1nc2ccccc2[nH]1)C1Cc2ccccc2O1. The van der Waals surface area contributed by atoms with E-state index in [4.69, 9.17) is 4.74 Å². The lowest BCUT2D eigenvalue weighted by atomic mass is 10.1. The summed E-state index contributed by atoms with van der Waals surface area (Å²) >= 11 is 0. The van der Waals surface area contributed by atoms with E-state index >= 15 is 0 Å². The smallest absolute Gasteiger partial charge is 0.261 e. The van der Waals surface area contributed by atoms with E-state index in [9.17, 15) is 4.79 Å². The first-order valence-electron chi connectivity index (χ1n) is 7.25. The van der Waals surface area contributed by atoms with E-state index in [2.05, 4.69) is 15.3 Å². The van der Waals surface area contributed by atoms with Gasteiger partial charge in [-0.05, 0) is 23.8 Å². The number of para-hydroxylation sites is 3. The van der Waals surface area contributed by atoms with E-state index in [-0.39, 0.29) is 5.91 Å². The number of nitrogens with zero attached hydrogens (tertiary/aromatic N) is 1. The number of hydrogen-bond donors (Lipinski definition) is 2. The number of amides is 1. The highest BCUT2D eigenvalue weighted by atomic mass is 16.5. The number of ether oxygens (including phenoxy) is 1. The number of aromatic nitrogens is 2. The first kappa shape index (κ1) is 12.9. The Morgan fingerprint density at radius 3 is 2.91 bits per heavy atom. The van der Waals surface area contributed by atoms with Crippen LogP contribution < -0.4 is 10.1 Å². The van der Waals surface area contributed by atoms with E-state index in [0.717, 1.165) is 28.2 Å². The van der Waals surface area contributed by atoms with E-state index in [0.29, 0.717) is 13.0 Å². The summed E-state index contributed by atoms with van der Waals surface area (Å²) in [6.07, 6.45) is 0.157. The van der Waals surface area contributed by atoms with Gasteiger partial charge in [-0.25, -0.2) is 4.98 Å². The Kier molecular flexibility index (Phi) is 3.04. The molecule has 1 amide bonds. The molecule has 5 heteroatoms. The number of rotatable bonds is 3. The molecule has 0 radical (unpaired) electrons. The van der Waals surface area contributed by atoms with Crippen LogP contribution in [0, 0.1) is 0 Å². The second-order valence-electron chi connectivity index (χ2n) is 5.34. The minimum absolute atomic E-state index is 0.114. The molecule has 3 aromatic rings. The Hall–Kier alpha value is -2.82. The minimum Gasteiger partial charge on any atom is -0.480 e. The molecular formula is C17H15N3O2. The Morgan fingerprint density at radius 1 is 1.23 bits per heavy atom. The molecular weight excluding hydrogens is 278 g/mol. The quantitative estimate of drug-likeness (QED) is 0.778. The van der Waals surface area contributed by atoms with Gasteiger partial charge in [-0.3, -0.25) is 4.79 Å². The molecule has 0 fully saturated rings. The lowest BCUT2D eigenvalue weighted by Crippen LogP contribution is -2.37. The zero-order chi connectivity index (χ0) is 14.9. The summed E-state index contributed by atoms with van der Waals surface area (Å²) in [5.74, 6) is 1.42. The maximum Gasteiger partial charge on any atom is 0.261 e. The summed E-state index contributed by atoms with van der Waals surface area (Å²) in [5, 5.41) is 2.88. The molecule has 1 unspecified atom stereocenters. The van der Waals surface area contributed by atoms with Gasteiger partial charge in [0.15, 0.2) is 6.10 Å². The summed E-state index contributed by atoms with van der Waals surface area (Å²) in [5.41, 5.74) is 2.94. The lowest BCUT2D eigenvalue weighted by molar-refractivity contribution is -0.127. The van der Waals surface area contributed by atoms with Gasteiger partial charge in [0.1, 0.15) is 11.6 Å². The number of benzene rings is 2. The van der Waals surface area contributed by atoms with Gasteiger partial charge in [0.05, 0.1) is 17.6 Å². The van der Waals surface area contributed by atoms with Gasteiger partial charge in [-0.2, -0.15) is 0 Å². The number of carbonyl (C=O) groups excluding carboxylic acids is 1. The number of nitrogens with one attached hydrogen (secondary N) is 2. The zero-order valence-electron chi connectivity index (χ0n) is 11.9. The average molecular weight is 293 g/mol. The molecule has 1 aliphatic rings. The van der Waals surface area contributed by atoms with E-state index < -0.39 is 6.10 Å². The Bertz CT molecular complexity index is 783. The second-order valence-corrected chi connectivity index (χ2v) is 5.34. The van der Waals surface area contributed by atoms with Gasteiger partial charge in [0.2, 0.25) is 0 Å². The van der Waals surface area contributed by atoms with Crippen LogP contribution in [0.2, 0.25) is 0 Å². The molecule has 0 bridgehead atoms. The van der Waals surface area contributed by atoms with Crippen LogP contribution in [-0.2, 0) is 17.8 Å². The molecule has 22 heavy (non-hydrogen) atoms. The van der Waals surface area contributed by atoms with Crippen LogP contribution in [0.3, 0.4) is 0 Å². The monoisotopic (exact) mass is 293 g/mol. The third kappa shape index (κ3) is 2.30. The van der Waals surface area contributed by atoms with E-state index in [1.54, 1.807) is 0 Å². The normalized spacial score (nSPS) is 16.3. The predicted molar refractivity (Wildman–Crippen MR) is 82.5 cm³/mol. The topological polar surface area (TPSA) is 67.0 Å². The molecule has 1 aliphatic heterocycles. The molecule has 2 heterocycles. The number of fused-ring (bicyclic) bond motifs is 2. The van der Waals surface area contributed by atoms with Crippen molar-refractivity contribution < 1.29 is 9.53 Å². The fraction of sp³-hybridized carbons (Fsp3) is 0.176. The van der Waals surface area contributed by atoms with E-state index in [1.165, 1.54) is 0 Å². The van der Waals surface area contributed by atoms with Crippen molar-refractivity contribution in [2.24, 2.45) is 0 Å². The van der Waals surface area contributed by atoms with Crippen molar-refractivity contribution in [1.82, 2.24) is 15.3 Å². The fourth-order valence-electron chi connectivity index (χ4n) is 2.70. The van der Waals surface area contributed by atoms with Crippen LogP contribution >= 0.6 is 0 Å². The molecule has 1 atom stereocenters. The number of carbonyl (C=O) groups is 1. The van der Waals surface area contributed by atoms with Crippen LogP contribution in [0.4, 0.5) is 0 Å². The maximum absolute atomic E-state index is 12.2. The van der Waals surface area contributed by atoms with Crippen molar-refractivity contribution in [3.63, 3.8) is 0 Å². The molecule has 0 spiro atoms. The Morgan fingerprint density at radius 2 is 2.05 bits per heavy atom. The minimum atomic E-state index is -0.457. The number of H-pyrrole nitrogens is 1. The summed E-state index contributed by atoms with van der Waals surface area (Å²) in [4.78, 5) is 19.9. The molecule has 0 saturated heterocycles. The maximum atomic E-state index is 12.2. The van der Waals surface area contributed by atoms with E-state index in [1.807, 2.05) is 48.5 Å². The van der Waals surface area contributed by atoms with Gasteiger partial charge >= 0.3 is 0 Å². The van der Waals surface area contributed by atoms with Crippen LogP contribution in [-0.4, -0.2) is 22.0 Å². The van der Waals surface area contributed by atoms with Crippen LogP contribution in [0.15, 0.2) is 48.5 Å². The van der Waals surface area contributed by atoms with Crippen molar-refractivity contribution in [2.75, 3.05) is 0 Å².